The van der Waals surface area contributed by atoms with E-state index < -0.39 is 5.91 Å². The number of hydrogen-bond donors (Lipinski definition) is 2. The van der Waals surface area contributed by atoms with Gasteiger partial charge in [0, 0.05) is 12.1 Å². The number of nitrogens with one attached hydrogen (secondary N) is 1. The summed E-state index contributed by atoms with van der Waals surface area (Å²) in [6.45, 7) is 0.648. The number of carbonyl (C=O) groups excluding carboxylic acids is 1. The number of halogens is 1. The topological polar surface area (TPSA) is 55.1 Å². The quantitative estimate of drug-likeness (QED) is 0.780. The van der Waals surface area contributed by atoms with Gasteiger partial charge >= 0.3 is 0 Å². The second kappa shape index (κ2) is 5.26. The Kier molecular flexibility index (Phi) is 4.00. The lowest BCUT2D eigenvalue weighted by Gasteiger charge is -2.01. The van der Waals surface area contributed by atoms with E-state index in [0.29, 0.717) is 17.7 Å². The standard InChI is InChI=1S/C11H13FN2O/c1-14-6-2-3-8-7-9(12)4-5-10(8)11(13)15/h2-5,7,14H,6H2,1H3,(H2,13,15). The first-order valence-corrected chi connectivity index (χ1v) is 4.55. The molecule has 0 aliphatic heterocycles. The van der Waals surface area contributed by atoms with Gasteiger partial charge in [-0.2, -0.15) is 0 Å². The Labute approximate surface area is 87.8 Å². The summed E-state index contributed by atoms with van der Waals surface area (Å²) in [6, 6.07) is 3.89. The van der Waals surface area contributed by atoms with Gasteiger partial charge in [-0.25, -0.2) is 4.39 Å². The van der Waals surface area contributed by atoms with Gasteiger partial charge in [0.2, 0.25) is 5.91 Å². The zero-order valence-corrected chi connectivity index (χ0v) is 8.46. The van der Waals surface area contributed by atoms with E-state index in [0.717, 1.165) is 0 Å². The van der Waals surface area contributed by atoms with Gasteiger partial charge in [-0.15, -0.1) is 0 Å². The molecule has 0 bridgehead atoms. The molecule has 0 spiro atoms. The monoisotopic (exact) mass is 208 g/mol. The zero-order chi connectivity index (χ0) is 11.3. The number of primary amides is 1. The highest BCUT2D eigenvalue weighted by molar-refractivity contribution is 5.96. The van der Waals surface area contributed by atoms with Crippen molar-refractivity contribution < 1.29 is 9.18 Å². The lowest BCUT2D eigenvalue weighted by molar-refractivity contribution is 0.1000. The zero-order valence-electron chi connectivity index (χ0n) is 8.46. The Morgan fingerprint density at radius 1 is 1.60 bits per heavy atom. The molecule has 0 heterocycles. The molecule has 80 valence electrons. The van der Waals surface area contributed by atoms with Gasteiger partial charge in [0.05, 0.1) is 0 Å². The molecule has 4 heteroatoms. The Morgan fingerprint density at radius 3 is 2.93 bits per heavy atom. The summed E-state index contributed by atoms with van der Waals surface area (Å²) in [4.78, 5) is 11.0. The fraction of sp³-hybridized carbons (Fsp3) is 0.182. The molecule has 0 aliphatic rings. The van der Waals surface area contributed by atoms with E-state index in [2.05, 4.69) is 5.32 Å². The molecule has 1 aromatic rings. The molecule has 1 rings (SSSR count). The average Bonchev–Trinajstić information content (AvgIpc) is 2.18. The number of rotatable bonds is 4. The lowest BCUT2D eigenvalue weighted by atomic mass is 10.1. The van der Waals surface area contributed by atoms with Gasteiger partial charge in [0.1, 0.15) is 5.82 Å². The highest BCUT2D eigenvalue weighted by atomic mass is 19.1. The Balaban J connectivity index is 3.02. The van der Waals surface area contributed by atoms with Crippen LogP contribution in [0.2, 0.25) is 0 Å². The number of hydrogen-bond acceptors (Lipinski definition) is 2. The number of amides is 1. The molecule has 1 amide bonds. The summed E-state index contributed by atoms with van der Waals surface area (Å²) in [5.41, 5.74) is 5.98. The molecular formula is C11H13FN2O. The number of benzene rings is 1. The summed E-state index contributed by atoms with van der Waals surface area (Å²) in [6.07, 6.45) is 3.46. The molecule has 0 atom stereocenters. The summed E-state index contributed by atoms with van der Waals surface area (Å²) < 4.78 is 12.9. The SMILES string of the molecule is CNCC=Cc1cc(F)ccc1C(N)=O. The molecule has 0 unspecified atom stereocenters. The van der Waals surface area contributed by atoms with Gasteiger partial charge in [0.15, 0.2) is 0 Å². The van der Waals surface area contributed by atoms with Crippen LogP contribution in [-0.2, 0) is 0 Å². The minimum atomic E-state index is -0.556. The molecule has 1 aromatic carbocycles. The van der Waals surface area contributed by atoms with Crippen LogP contribution in [0.1, 0.15) is 15.9 Å². The first kappa shape index (κ1) is 11.4. The van der Waals surface area contributed by atoms with Gasteiger partial charge in [0.25, 0.3) is 0 Å². The molecule has 0 aliphatic carbocycles. The van der Waals surface area contributed by atoms with Crippen molar-refractivity contribution in [2.45, 2.75) is 0 Å². The summed E-state index contributed by atoms with van der Waals surface area (Å²) >= 11 is 0. The molecule has 0 saturated carbocycles. The van der Waals surface area contributed by atoms with E-state index in [4.69, 9.17) is 5.73 Å². The molecule has 0 radical (unpaired) electrons. The van der Waals surface area contributed by atoms with E-state index in [-0.39, 0.29) is 5.82 Å². The highest BCUT2D eigenvalue weighted by Gasteiger charge is 2.06. The van der Waals surface area contributed by atoms with E-state index in [9.17, 15) is 9.18 Å². The van der Waals surface area contributed by atoms with Crippen molar-refractivity contribution >= 4 is 12.0 Å². The Hall–Kier alpha value is -1.68. The lowest BCUT2D eigenvalue weighted by Crippen LogP contribution is -2.12. The van der Waals surface area contributed by atoms with Crippen LogP contribution in [0.25, 0.3) is 6.08 Å². The maximum atomic E-state index is 12.9. The van der Waals surface area contributed by atoms with Crippen molar-refractivity contribution in [3.8, 4) is 0 Å². The molecule has 0 aromatic heterocycles. The minimum absolute atomic E-state index is 0.323. The van der Waals surface area contributed by atoms with Crippen LogP contribution in [0.3, 0.4) is 0 Å². The highest BCUT2D eigenvalue weighted by Crippen LogP contribution is 2.12. The van der Waals surface area contributed by atoms with E-state index in [1.807, 2.05) is 0 Å². The first-order chi connectivity index (χ1) is 7.15. The van der Waals surface area contributed by atoms with Crippen LogP contribution in [0.4, 0.5) is 4.39 Å². The molecular weight excluding hydrogens is 195 g/mol. The maximum absolute atomic E-state index is 12.9. The van der Waals surface area contributed by atoms with Gasteiger partial charge in [-0.1, -0.05) is 12.2 Å². The third-order valence-corrected chi connectivity index (χ3v) is 1.90. The van der Waals surface area contributed by atoms with Crippen molar-refractivity contribution in [1.82, 2.24) is 5.32 Å². The van der Waals surface area contributed by atoms with Crippen LogP contribution >= 0.6 is 0 Å². The second-order valence-corrected chi connectivity index (χ2v) is 3.06. The number of nitrogens with two attached hydrogens (primary N) is 1. The van der Waals surface area contributed by atoms with Crippen molar-refractivity contribution in [2.75, 3.05) is 13.6 Å². The first-order valence-electron chi connectivity index (χ1n) is 4.55. The third-order valence-electron chi connectivity index (χ3n) is 1.90. The molecule has 15 heavy (non-hydrogen) atoms. The van der Waals surface area contributed by atoms with Crippen LogP contribution in [-0.4, -0.2) is 19.5 Å². The van der Waals surface area contributed by atoms with Crippen molar-refractivity contribution in [3.05, 3.63) is 41.2 Å². The Morgan fingerprint density at radius 2 is 2.33 bits per heavy atom. The van der Waals surface area contributed by atoms with Crippen LogP contribution in [0, 0.1) is 5.82 Å². The Bertz CT molecular complexity index is 388. The maximum Gasteiger partial charge on any atom is 0.249 e. The largest absolute Gasteiger partial charge is 0.366 e. The van der Waals surface area contributed by atoms with E-state index in [1.54, 1.807) is 19.2 Å². The van der Waals surface area contributed by atoms with Crippen LogP contribution in [0.5, 0.6) is 0 Å². The summed E-state index contributed by atoms with van der Waals surface area (Å²) in [7, 11) is 1.80. The molecule has 3 nitrogen and oxygen atoms in total. The normalized spacial score (nSPS) is 10.8. The van der Waals surface area contributed by atoms with E-state index >= 15 is 0 Å². The molecule has 3 N–H and O–H groups in total. The fourth-order valence-corrected chi connectivity index (χ4v) is 1.20. The summed E-state index contributed by atoms with van der Waals surface area (Å²) in [5.74, 6) is -0.941. The predicted molar refractivity (Wildman–Crippen MR) is 57.9 cm³/mol. The molecule has 0 saturated heterocycles. The molecule has 0 fully saturated rings. The number of carbonyl (C=O) groups is 1. The summed E-state index contributed by atoms with van der Waals surface area (Å²) in [5, 5.41) is 2.90. The van der Waals surface area contributed by atoms with Crippen molar-refractivity contribution in [3.63, 3.8) is 0 Å². The smallest absolute Gasteiger partial charge is 0.249 e. The van der Waals surface area contributed by atoms with Crippen LogP contribution < -0.4 is 11.1 Å². The fourth-order valence-electron chi connectivity index (χ4n) is 1.20. The van der Waals surface area contributed by atoms with Gasteiger partial charge < -0.3 is 11.1 Å². The van der Waals surface area contributed by atoms with E-state index in [1.165, 1.54) is 18.2 Å². The minimum Gasteiger partial charge on any atom is -0.366 e. The van der Waals surface area contributed by atoms with Crippen molar-refractivity contribution in [1.29, 1.82) is 0 Å². The van der Waals surface area contributed by atoms with Crippen LogP contribution in [0.15, 0.2) is 24.3 Å². The average molecular weight is 208 g/mol. The number of likely N-dealkylation sites (N-methyl/N-ethyl adjacent to an activating group) is 1. The van der Waals surface area contributed by atoms with Gasteiger partial charge in [-0.3, -0.25) is 4.79 Å². The van der Waals surface area contributed by atoms with Gasteiger partial charge in [-0.05, 0) is 30.8 Å². The second-order valence-electron chi connectivity index (χ2n) is 3.06. The third kappa shape index (κ3) is 3.18. The predicted octanol–water partition coefficient (Wildman–Crippen LogP) is 1.16. The van der Waals surface area contributed by atoms with Crippen molar-refractivity contribution in [2.24, 2.45) is 5.73 Å².